The fourth-order valence-corrected chi connectivity index (χ4v) is 6.34. The van der Waals surface area contributed by atoms with Crippen molar-refractivity contribution in [1.82, 2.24) is 4.57 Å². The summed E-state index contributed by atoms with van der Waals surface area (Å²) < 4.78 is 50.5. The quantitative estimate of drug-likeness (QED) is 0.286. The molecule has 2 heterocycles. The van der Waals surface area contributed by atoms with Gasteiger partial charge in [0.1, 0.15) is 22.9 Å². The van der Waals surface area contributed by atoms with E-state index in [0.29, 0.717) is 4.48 Å². The van der Waals surface area contributed by atoms with E-state index in [1.54, 1.807) is 33.8 Å². The molecule has 0 radical (unpaired) electrons. The number of allylic oxidation sites excluding steroid dienone is 3. The van der Waals surface area contributed by atoms with Gasteiger partial charge in [-0.2, -0.15) is 0 Å². The van der Waals surface area contributed by atoms with E-state index in [9.17, 15) is 32.6 Å². The van der Waals surface area contributed by atoms with Gasteiger partial charge in [-0.05, 0) is 60.0 Å². The molecule has 2 aliphatic rings. The third-order valence-electron chi connectivity index (χ3n) is 6.52. The fourth-order valence-electron chi connectivity index (χ4n) is 4.36. The molecule has 1 aromatic heterocycles. The number of rotatable bonds is 10. The fraction of sp³-hybridized carbons (Fsp3) is 0.600. The molecule has 0 bridgehead atoms. The lowest BCUT2D eigenvalue weighted by Crippen LogP contribution is -2.38. The number of ether oxygens (including phenoxy) is 1. The molecule has 4 N–H and O–H groups in total. The Bertz CT molecular complexity index is 1350. The Kier molecular flexibility index (Phi) is 9.25. The van der Waals surface area contributed by atoms with E-state index >= 15 is 0 Å². The molecule has 14 heteroatoms. The van der Waals surface area contributed by atoms with Gasteiger partial charge in [0.2, 0.25) is 10.0 Å². The van der Waals surface area contributed by atoms with Crippen LogP contribution in [-0.2, 0) is 21.3 Å². The van der Waals surface area contributed by atoms with E-state index in [4.69, 9.17) is 4.74 Å². The standard InChI is InChI=1S/C25H36BrFN4O7S/c1-6-16(26)11-17(27)13-28-19-15(2)22(34)30-9-10-31(23(35)38-24(3,4)5)21(30)20(19)29-39(36,37)25(7-8-25)12-18(33)14-32/h6,11,18,28-29,32-33H,7-10,12-14H2,1-5H3/b16-6+,17-11+. The van der Waals surface area contributed by atoms with Gasteiger partial charge in [0.05, 0.1) is 29.7 Å². The minimum atomic E-state index is -4.21. The zero-order chi connectivity index (χ0) is 29.3. The summed E-state index contributed by atoms with van der Waals surface area (Å²) in [5.74, 6) is -0.619. The summed E-state index contributed by atoms with van der Waals surface area (Å²) in [6.07, 6.45) is 1.16. The number of anilines is 3. The monoisotopic (exact) mass is 634 g/mol. The van der Waals surface area contributed by atoms with Crippen LogP contribution in [0.5, 0.6) is 0 Å². The van der Waals surface area contributed by atoms with Gasteiger partial charge in [0.15, 0.2) is 0 Å². The van der Waals surface area contributed by atoms with Crippen molar-refractivity contribution < 1.29 is 32.6 Å². The molecule has 1 aliphatic heterocycles. The molecule has 0 aromatic carbocycles. The first-order valence-electron chi connectivity index (χ1n) is 12.6. The number of nitrogens with one attached hydrogen (secondary N) is 2. The summed E-state index contributed by atoms with van der Waals surface area (Å²) in [6, 6.07) is 0. The number of hydrogen-bond donors (Lipinski definition) is 4. The zero-order valence-corrected chi connectivity index (χ0v) is 25.1. The molecule has 11 nitrogen and oxygen atoms in total. The number of fused-ring (bicyclic) bond motifs is 1. The van der Waals surface area contributed by atoms with E-state index in [0.717, 1.165) is 0 Å². The van der Waals surface area contributed by atoms with Crippen LogP contribution >= 0.6 is 15.9 Å². The first-order valence-corrected chi connectivity index (χ1v) is 14.8. The van der Waals surface area contributed by atoms with E-state index in [-0.39, 0.29) is 61.7 Å². The molecule has 1 unspecified atom stereocenters. The summed E-state index contributed by atoms with van der Waals surface area (Å²) in [6.45, 7) is 7.42. The minimum absolute atomic E-state index is 0.0175. The van der Waals surface area contributed by atoms with Crippen LogP contribution in [0.4, 0.5) is 26.4 Å². The summed E-state index contributed by atoms with van der Waals surface area (Å²) in [5, 5.41) is 22.1. The van der Waals surface area contributed by atoms with Crippen molar-refractivity contribution >= 4 is 49.2 Å². The van der Waals surface area contributed by atoms with Crippen molar-refractivity contribution in [3.8, 4) is 0 Å². The molecule has 1 saturated carbocycles. The number of sulfonamides is 1. The number of aromatic nitrogens is 1. The maximum atomic E-state index is 14.6. The predicted molar refractivity (Wildman–Crippen MR) is 152 cm³/mol. The molecule has 39 heavy (non-hydrogen) atoms. The lowest BCUT2D eigenvalue weighted by molar-refractivity contribution is 0.0584. The van der Waals surface area contributed by atoms with Crippen LogP contribution < -0.4 is 20.5 Å². The average molecular weight is 636 g/mol. The lowest BCUT2D eigenvalue weighted by Gasteiger charge is -2.28. The smallest absolute Gasteiger partial charge is 0.416 e. The molecule has 1 aromatic rings. The average Bonchev–Trinajstić information content (AvgIpc) is 3.49. The normalized spacial score (nSPS) is 18.0. The summed E-state index contributed by atoms with van der Waals surface area (Å²) in [4.78, 5) is 27.6. The number of aliphatic hydroxyl groups excluding tert-OH is 2. The Morgan fingerprint density at radius 1 is 1.28 bits per heavy atom. The summed E-state index contributed by atoms with van der Waals surface area (Å²) in [5.41, 5.74) is -1.29. The van der Waals surface area contributed by atoms with Gasteiger partial charge >= 0.3 is 6.09 Å². The van der Waals surface area contributed by atoms with Crippen molar-refractivity contribution in [2.75, 3.05) is 34.6 Å². The topological polar surface area (TPSA) is 150 Å². The maximum Gasteiger partial charge on any atom is 0.416 e. The second kappa shape index (κ2) is 11.6. The highest BCUT2D eigenvalue weighted by atomic mass is 79.9. The van der Waals surface area contributed by atoms with E-state index in [2.05, 4.69) is 26.0 Å². The Hall–Kier alpha value is -2.42. The second-order valence-corrected chi connectivity index (χ2v) is 13.7. The minimum Gasteiger partial charge on any atom is -0.443 e. The Balaban J connectivity index is 2.15. The molecule has 1 fully saturated rings. The van der Waals surface area contributed by atoms with Crippen LogP contribution in [0.25, 0.3) is 0 Å². The molecule has 1 atom stereocenters. The Morgan fingerprint density at radius 3 is 2.46 bits per heavy atom. The number of carbonyl (C=O) groups is 1. The van der Waals surface area contributed by atoms with Gasteiger partial charge in [-0.1, -0.05) is 22.0 Å². The summed E-state index contributed by atoms with van der Waals surface area (Å²) >= 11 is 3.20. The van der Waals surface area contributed by atoms with Crippen molar-refractivity contribution in [3.63, 3.8) is 0 Å². The largest absolute Gasteiger partial charge is 0.443 e. The third kappa shape index (κ3) is 6.84. The number of amides is 1. The van der Waals surface area contributed by atoms with Crippen molar-refractivity contribution in [2.45, 2.75) is 76.9 Å². The van der Waals surface area contributed by atoms with Crippen LogP contribution in [0.2, 0.25) is 0 Å². The number of carbonyl (C=O) groups excluding carboxylic acids is 1. The number of nitrogens with zero attached hydrogens (tertiary/aromatic N) is 2. The van der Waals surface area contributed by atoms with E-state index < -0.39 is 50.6 Å². The molecule has 3 rings (SSSR count). The van der Waals surface area contributed by atoms with Crippen LogP contribution in [0.1, 0.15) is 52.5 Å². The highest BCUT2D eigenvalue weighted by Crippen LogP contribution is 2.49. The molecule has 1 aliphatic carbocycles. The first-order chi connectivity index (χ1) is 18.1. The van der Waals surface area contributed by atoms with Gasteiger partial charge in [0, 0.05) is 23.1 Å². The molecular formula is C25H36BrFN4O7S. The molecule has 0 spiro atoms. The molecular weight excluding hydrogens is 599 g/mol. The second-order valence-electron chi connectivity index (χ2n) is 10.7. The molecule has 0 saturated heterocycles. The lowest BCUT2D eigenvalue weighted by atomic mass is 10.2. The van der Waals surface area contributed by atoms with Gasteiger partial charge in [-0.15, -0.1) is 0 Å². The number of hydrogen-bond acceptors (Lipinski definition) is 8. The van der Waals surface area contributed by atoms with Crippen LogP contribution in [0.3, 0.4) is 0 Å². The zero-order valence-electron chi connectivity index (χ0n) is 22.7. The Morgan fingerprint density at radius 2 is 1.92 bits per heavy atom. The van der Waals surface area contributed by atoms with Crippen LogP contribution in [0.15, 0.2) is 27.3 Å². The summed E-state index contributed by atoms with van der Waals surface area (Å²) in [7, 11) is -4.21. The van der Waals surface area contributed by atoms with E-state index in [1.165, 1.54) is 22.5 Å². The first kappa shape index (κ1) is 31.1. The van der Waals surface area contributed by atoms with Crippen LogP contribution in [0, 0.1) is 6.92 Å². The Labute approximate surface area is 235 Å². The van der Waals surface area contributed by atoms with Crippen molar-refractivity contribution in [1.29, 1.82) is 0 Å². The molecule has 218 valence electrons. The highest BCUT2D eigenvalue weighted by molar-refractivity contribution is 9.11. The third-order valence-corrected chi connectivity index (χ3v) is 9.40. The number of aliphatic hydroxyl groups is 2. The number of halogens is 2. The predicted octanol–water partition coefficient (Wildman–Crippen LogP) is 3.49. The SMILES string of the molecule is C/C=C(Br)\C=C(\F)CNc1c(NS(=O)(=O)C2(CC(O)CO)CC2)c2n(c(=O)c1C)CCN2C(=O)OC(C)(C)C. The van der Waals surface area contributed by atoms with Gasteiger partial charge in [-0.3, -0.25) is 19.0 Å². The van der Waals surface area contributed by atoms with Gasteiger partial charge in [-0.25, -0.2) is 17.6 Å². The number of pyridine rings is 1. The van der Waals surface area contributed by atoms with Gasteiger partial charge in [0.25, 0.3) is 5.56 Å². The van der Waals surface area contributed by atoms with Crippen molar-refractivity contribution in [2.24, 2.45) is 0 Å². The highest BCUT2D eigenvalue weighted by Gasteiger charge is 2.56. The van der Waals surface area contributed by atoms with Gasteiger partial charge < -0.3 is 20.3 Å². The van der Waals surface area contributed by atoms with Crippen LogP contribution in [-0.4, -0.2) is 65.4 Å². The van der Waals surface area contributed by atoms with E-state index in [1.807, 2.05) is 0 Å². The van der Waals surface area contributed by atoms with Crippen molar-refractivity contribution in [3.05, 3.63) is 38.4 Å². The maximum absolute atomic E-state index is 14.6. The molecule has 1 amide bonds.